The summed E-state index contributed by atoms with van der Waals surface area (Å²) in [6.45, 7) is 3.76. The molecule has 0 spiro atoms. The SMILES string of the molecule is COc1ccccc1C1CNCCN1CCN1C(=O)CNC1=O. The van der Waals surface area contributed by atoms with Gasteiger partial charge in [0.05, 0.1) is 19.7 Å². The molecule has 0 saturated carbocycles. The summed E-state index contributed by atoms with van der Waals surface area (Å²) in [5, 5.41) is 5.96. The minimum absolute atomic E-state index is 0.107. The molecule has 7 nitrogen and oxygen atoms in total. The maximum absolute atomic E-state index is 11.7. The maximum Gasteiger partial charge on any atom is 0.324 e. The van der Waals surface area contributed by atoms with Crippen molar-refractivity contribution in [2.45, 2.75) is 6.04 Å². The van der Waals surface area contributed by atoms with Gasteiger partial charge in [0.1, 0.15) is 5.75 Å². The number of benzene rings is 1. The zero-order valence-electron chi connectivity index (χ0n) is 13.2. The second kappa shape index (κ2) is 6.97. The molecule has 2 saturated heterocycles. The lowest BCUT2D eigenvalue weighted by Gasteiger charge is -2.37. The molecule has 3 rings (SSSR count). The smallest absolute Gasteiger partial charge is 0.324 e. The number of carbonyl (C=O) groups excluding carboxylic acids is 2. The Kier molecular flexibility index (Phi) is 4.78. The van der Waals surface area contributed by atoms with Crippen molar-refractivity contribution in [3.8, 4) is 5.75 Å². The molecule has 2 fully saturated rings. The number of methoxy groups -OCH3 is 1. The molecule has 3 amide bonds. The summed E-state index contributed by atoms with van der Waals surface area (Å²) < 4.78 is 5.48. The second-order valence-corrected chi connectivity index (χ2v) is 5.70. The minimum atomic E-state index is -0.293. The Morgan fingerprint density at radius 2 is 2.09 bits per heavy atom. The van der Waals surface area contributed by atoms with Crippen molar-refractivity contribution in [2.24, 2.45) is 0 Å². The van der Waals surface area contributed by atoms with E-state index in [2.05, 4.69) is 21.6 Å². The molecule has 2 aliphatic rings. The molecule has 0 aromatic heterocycles. The summed E-state index contributed by atoms with van der Waals surface area (Å²) in [6.07, 6.45) is 0. The highest BCUT2D eigenvalue weighted by atomic mass is 16.5. The summed E-state index contributed by atoms with van der Waals surface area (Å²) in [7, 11) is 1.67. The summed E-state index contributed by atoms with van der Waals surface area (Å²) in [6, 6.07) is 7.86. The summed E-state index contributed by atoms with van der Waals surface area (Å²) in [4.78, 5) is 26.9. The van der Waals surface area contributed by atoms with E-state index in [1.807, 2.05) is 18.2 Å². The topological polar surface area (TPSA) is 73.9 Å². The molecule has 2 N–H and O–H groups in total. The van der Waals surface area contributed by atoms with Gasteiger partial charge in [-0.05, 0) is 6.07 Å². The van der Waals surface area contributed by atoms with Crippen LogP contribution in [0, 0.1) is 0 Å². The maximum atomic E-state index is 11.7. The molecule has 1 unspecified atom stereocenters. The number of ether oxygens (including phenoxy) is 1. The Morgan fingerprint density at radius 1 is 1.26 bits per heavy atom. The van der Waals surface area contributed by atoms with Gasteiger partial charge in [0.25, 0.3) is 0 Å². The van der Waals surface area contributed by atoms with Gasteiger partial charge in [-0.2, -0.15) is 0 Å². The fourth-order valence-corrected chi connectivity index (χ4v) is 3.17. The Labute approximate surface area is 135 Å². The van der Waals surface area contributed by atoms with Gasteiger partial charge in [-0.15, -0.1) is 0 Å². The number of rotatable bonds is 5. The number of carbonyl (C=O) groups is 2. The standard InChI is InChI=1S/C16H22N4O3/c1-23-14-5-3-2-4-12(14)13-10-17-6-7-19(13)8-9-20-15(21)11-18-16(20)22/h2-5,13,17H,6-11H2,1H3,(H,18,22). The molecule has 0 aliphatic carbocycles. The number of urea groups is 1. The van der Waals surface area contributed by atoms with Gasteiger partial charge in [-0.1, -0.05) is 18.2 Å². The van der Waals surface area contributed by atoms with Gasteiger partial charge in [0.2, 0.25) is 5.91 Å². The highest BCUT2D eigenvalue weighted by molar-refractivity contribution is 6.01. The average molecular weight is 318 g/mol. The first kappa shape index (κ1) is 15.8. The molecule has 2 heterocycles. The Morgan fingerprint density at radius 3 is 2.83 bits per heavy atom. The number of para-hydroxylation sites is 1. The third kappa shape index (κ3) is 3.30. The van der Waals surface area contributed by atoms with Gasteiger partial charge in [-0.3, -0.25) is 14.6 Å². The number of hydrogen-bond donors (Lipinski definition) is 2. The van der Waals surface area contributed by atoms with Gasteiger partial charge >= 0.3 is 6.03 Å². The van der Waals surface area contributed by atoms with Crippen LogP contribution in [0.3, 0.4) is 0 Å². The molecule has 23 heavy (non-hydrogen) atoms. The van der Waals surface area contributed by atoms with Crippen LogP contribution >= 0.6 is 0 Å². The fraction of sp³-hybridized carbons (Fsp3) is 0.500. The van der Waals surface area contributed by atoms with Crippen molar-refractivity contribution < 1.29 is 14.3 Å². The lowest BCUT2D eigenvalue weighted by Crippen LogP contribution is -2.49. The largest absolute Gasteiger partial charge is 0.496 e. The summed E-state index contributed by atoms with van der Waals surface area (Å²) in [5.41, 5.74) is 1.12. The number of nitrogens with one attached hydrogen (secondary N) is 2. The van der Waals surface area contributed by atoms with Crippen molar-refractivity contribution in [2.75, 3.05) is 46.4 Å². The van der Waals surface area contributed by atoms with Crippen LogP contribution in [0.4, 0.5) is 4.79 Å². The number of nitrogens with zero attached hydrogens (tertiary/aromatic N) is 2. The lowest BCUT2D eigenvalue weighted by atomic mass is 10.0. The molecule has 2 aliphatic heterocycles. The molecular formula is C16H22N4O3. The monoisotopic (exact) mass is 318 g/mol. The van der Waals surface area contributed by atoms with E-state index in [1.165, 1.54) is 4.90 Å². The molecule has 1 aromatic rings. The average Bonchev–Trinajstić information content (AvgIpc) is 2.91. The second-order valence-electron chi connectivity index (χ2n) is 5.70. The molecule has 7 heteroatoms. The van der Waals surface area contributed by atoms with Crippen LogP contribution < -0.4 is 15.4 Å². The van der Waals surface area contributed by atoms with Crippen molar-refractivity contribution in [1.29, 1.82) is 0 Å². The van der Waals surface area contributed by atoms with E-state index in [0.29, 0.717) is 13.1 Å². The number of hydrogen-bond acceptors (Lipinski definition) is 5. The molecule has 0 bridgehead atoms. The van der Waals surface area contributed by atoms with E-state index >= 15 is 0 Å². The highest BCUT2D eigenvalue weighted by Crippen LogP contribution is 2.29. The quantitative estimate of drug-likeness (QED) is 0.759. The third-order valence-corrected chi connectivity index (χ3v) is 4.40. The van der Waals surface area contributed by atoms with Crippen LogP contribution in [-0.4, -0.2) is 68.1 Å². The van der Waals surface area contributed by atoms with Gasteiger partial charge < -0.3 is 15.4 Å². The summed E-state index contributed by atoms with van der Waals surface area (Å²) in [5.74, 6) is 0.708. The number of piperazine rings is 1. The minimum Gasteiger partial charge on any atom is -0.496 e. The van der Waals surface area contributed by atoms with E-state index in [1.54, 1.807) is 7.11 Å². The molecule has 1 aromatic carbocycles. The zero-order valence-corrected chi connectivity index (χ0v) is 13.2. The first-order valence-corrected chi connectivity index (χ1v) is 7.86. The van der Waals surface area contributed by atoms with E-state index in [4.69, 9.17) is 4.74 Å². The van der Waals surface area contributed by atoms with E-state index < -0.39 is 0 Å². The molecular weight excluding hydrogens is 296 g/mol. The predicted octanol–water partition coefficient (Wildman–Crippen LogP) is 0.193. The molecule has 124 valence electrons. The third-order valence-electron chi connectivity index (χ3n) is 4.40. The Hall–Kier alpha value is -2.12. The Balaban J connectivity index is 1.71. The van der Waals surface area contributed by atoms with E-state index in [-0.39, 0.29) is 24.5 Å². The fourth-order valence-electron chi connectivity index (χ4n) is 3.17. The summed E-state index contributed by atoms with van der Waals surface area (Å²) >= 11 is 0. The van der Waals surface area contributed by atoms with E-state index in [9.17, 15) is 9.59 Å². The zero-order chi connectivity index (χ0) is 16.2. The van der Waals surface area contributed by atoms with Crippen molar-refractivity contribution >= 4 is 11.9 Å². The normalized spacial score (nSPS) is 22.3. The van der Waals surface area contributed by atoms with E-state index in [0.717, 1.165) is 30.9 Å². The van der Waals surface area contributed by atoms with Crippen LogP contribution in [0.25, 0.3) is 0 Å². The highest BCUT2D eigenvalue weighted by Gasteiger charge is 2.31. The van der Waals surface area contributed by atoms with Gasteiger partial charge in [0, 0.05) is 38.3 Å². The van der Waals surface area contributed by atoms with Gasteiger partial charge in [-0.25, -0.2) is 4.79 Å². The Bertz CT molecular complexity index is 576. The van der Waals surface area contributed by atoms with Crippen LogP contribution in [0.5, 0.6) is 5.75 Å². The number of imide groups is 1. The molecule has 1 atom stereocenters. The van der Waals surface area contributed by atoms with Crippen molar-refractivity contribution in [1.82, 2.24) is 20.4 Å². The lowest BCUT2D eigenvalue weighted by molar-refractivity contribution is -0.125. The van der Waals surface area contributed by atoms with Crippen molar-refractivity contribution in [3.05, 3.63) is 29.8 Å². The first-order chi connectivity index (χ1) is 11.2. The first-order valence-electron chi connectivity index (χ1n) is 7.86. The van der Waals surface area contributed by atoms with Crippen LogP contribution in [0.1, 0.15) is 11.6 Å². The predicted molar refractivity (Wildman–Crippen MR) is 85.3 cm³/mol. The van der Waals surface area contributed by atoms with Crippen LogP contribution in [0.2, 0.25) is 0 Å². The van der Waals surface area contributed by atoms with Crippen LogP contribution in [-0.2, 0) is 4.79 Å². The van der Waals surface area contributed by atoms with Crippen molar-refractivity contribution in [3.63, 3.8) is 0 Å². The molecule has 0 radical (unpaired) electrons. The number of amides is 3. The van der Waals surface area contributed by atoms with Gasteiger partial charge in [0.15, 0.2) is 0 Å². The van der Waals surface area contributed by atoms with Crippen LogP contribution in [0.15, 0.2) is 24.3 Å².